The summed E-state index contributed by atoms with van der Waals surface area (Å²) in [5, 5.41) is 6.81. The van der Waals surface area contributed by atoms with Crippen LogP contribution in [0.5, 0.6) is 0 Å². The molecule has 0 radical (unpaired) electrons. The van der Waals surface area contributed by atoms with Crippen molar-refractivity contribution in [3.8, 4) is 0 Å². The second-order valence-electron chi connectivity index (χ2n) is 4.32. The zero-order valence-corrected chi connectivity index (χ0v) is 12.1. The van der Waals surface area contributed by atoms with Gasteiger partial charge in [-0.15, -0.1) is 11.3 Å². The van der Waals surface area contributed by atoms with E-state index >= 15 is 0 Å². The van der Waals surface area contributed by atoms with Gasteiger partial charge in [-0.2, -0.15) is 11.8 Å². The minimum atomic E-state index is 0.774. The second-order valence-corrected chi connectivity index (χ2v) is 6.29. The molecule has 0 amide bonds. The predicted octanol–water partition coefficient (Wildman–Crippen LogP) is 3.53. The molecule has 0 atom stereocenters. The lowest BCUT2D eigenvalue weighted by molar-refractivity contribution is 0.666. The van der Waals surface area contributed by atoms with Gasteiger partial charge in [0.05, 0.1) is 5.69 Å². The van der Waals surface area contributed by atoms with E-state index in [9.17, 15) is 0 Å². The summed E-state index contributed by atoms with van der Waals surface area (Å²) >= 11 is 3.77. The quantitative estimate of drug-likeness (QED) is 0.722. The van der Waals surface area contributed by atoms with Crippen molar-refractivity contribution >= 4 is 23.1 Å². The Morgan fingerprint density at radius 2 is 2.31 bits per heavy atom. The van der Waals surface area contributed by atoms with Gasteiger partial charge in [-0.05, 0) is 24.6 Å². The lowest BCUT2D eigenvalue weighted by atomic mass is 10.3. The Balaban J connectivity index is 2.22. The first kappa shape index (κ1) is 14.0. The first-order chi connectivity index (χ1) is 7.72. The molecule has 0 saturated heterocycles. The van der Waals surface area contributed by atoms with Gasteiger partial charge < -0.3 is 5.32 Å². The van der Waals surface area contributed by atoms with Crippen LogP contribution >= 0.6 is 23.1 Å². The molecule has 4 heteroatoms. The molecule has 1 heterocycles. The molecule has 0 unspecified atom stereocenters. The van der Waals surface area contributed by atoms with Crippen LogP contribution in [0.25, 0.3) is 0 Å². The van der Waals surface area contributed by atoms with Crippen LogP contribution in [0.1, 0.15) is 37.9 Å². The maximum absolute atomic E-state index is 4.61. The van der Waals surface area contributed by atoms with Crippen molar-refractivity contribution in [2.24, 2.45) is 5.92 Å². The molecule has 0 aromatic carbocycles. The number of thioether (sulfide) groups is 1. The normalized spacial score (nSPS) is 11.2. The summed E-state index contributed by atoms with van der Waals surface area (Å²) in [7, 11) is 0. The SMILES string of the molecule is CCCNCc1csc(CSCC(C)C)n1. The van der Waals surface area contributed by atoms with Gasteiger partial charge in [0.15, 0.2) is 0 Å². The van der Waals surface area contributed by atoms with Gasteiger partial charge in [0, 0.05) is 17.7 Å². The largest absolute Gasteiger partial charge is 0.311 e. The first-order valence-electron chi connectivity index (χ1n) is 5.94. The highest BCUT2D eigenvalue weighted by Crippen LogP contribution is 2.18. The second kappa shape index (κ2) is 8.09. The van der Waals surface area contributed by atoms with Crippen LogP contribution in [0, 0.1) is 5.92 Å². The molecular formula is C12H22N2S2. The summed E-state index contributed by atoms with van der Waals surface area (Å²) < 4.78 is 0. The van der Waals surface area contributed by atoms with E-state index in [1.54, 1.807) is 11.3 Å². The number of hydrogen-bond acceptors (Lipinski definition) is 4. The van der Waals surface area contributed by atoms with Crippen LogP contribution in [-0.2, 0) is 12.3 Å². The van der Waals surface area contributed by atoms with Crippen molar-refractivity contribution in [1.82, 2.24) is 10.3 Å². The van der Waals surface area contributed by atoms with E-state index in [0.29, 0.717) is 0 Å². The molecule has 1 N–H and O–H groups in total. The molecule has 0 aliphatic carbocycles. The van der Waals surface area contributed by atoms with Crippen molar-refractivity contribution in [1.29, 1.82) is 0 Å². The van der Waals surface area contributed by atoms with E-state index in [1.807, 2.05) is 11.8 Å². The highest BCUT2D eigenvalue weighted by Gasteiger charge is 2.02. The third-order valence-electron chi connectivity index (χ3n) is 2.01. The standard InChI is InChI=1S/C12H22N2S2/c1-4-5-13-6-11-8-16-12(14-11)9-15-7-10(2)3/h8,10,13H,4-7,9H2,1-3H3. The fraction of sp³-hybridized carbons (Fsp3) is 0.750. The molecule has 16 heavy (non-hydrogen) atoms. The maximum Gasteiger partial charge on any atom is 0.103 e. The van der Waals surface area contributed by atoms with Crippen molar-refractivity contribution in [3.63, 3.8) is 0 Å². The Bertz CT molecular complexity index is 284. The fourth-order valence-corrected chi connectivity index (χ4v) is 3.20. The molecule has 1 aromatic rings. The topological polar surface area (TPSA) is 24.9 Å². The Hall–Kier alpha value is -0.0600. The summed E-state index contributed by atoms with van der Waals surface area (Å²) in [5.74, 6) is 3.07. The molecule has 0 aliphatic heterocycles. The molecule has 2 nitrogen and oxygen atoms in total. The van der Waals surface area contributed by atoms with Gasteiger partial charge in [-0.1, -0.05) is 20.8 Å². The number of nitrogens with zero attached hydrogens (tertiary/aromatic N) is 1. The summed E-state index contributed by atoms with van der Waals surface area (Å²) in [4.78, 5) is 4.61. The molecule has 1 rings (SSSR count). The van der Waals surface area contributed by atoms with Gasteiger partial charge in [-0.25, -0.2) is 4.98 Å². The highest BCUT2D eigenvalue weighted by atomic mass is 32.2. The third kappa shape index (κ3) is 5.87. The van der Waals surface area contributed by atoms with E-state index in [0.717, 1.165) is 24.8 Å². The van der Waals surface area contributed by atoms with Gasteiger partial charge in [-0.3, -0.25) is 0 Å². The average Bonchev–Trinajstić information content (AvgIpc) is 2.66. The van der Waals surface area contributed by atoms with Crippen LogP contribution in [0.15, 0.2) is 5.38 Å². The van der Waals surface area contributed by atoms with E-state index in [4.69, 9.17) is 0 Å². The minimum absolute atomic E-state index is 0.774. The highest BCUT2D eigenvalue weighted by molar-refractivity contribution is 7.98. The smallest absolute Gasteiger partial charge is 0.103 e. The molecule has 0 fully saturated rings. The zero-order valence-electron chi connectivity index (χ0n) is 10.5. The maximum atomic E-state index is 4.61. The van der Waals surface area contributed by atoms with Gasteiger partial charge >= 0.3 is 0 Å². The summed E-state index contributed by atoms with van der Waals surface area (Å²) in [6, 6.07) is 0. The van der Waals surface area contributed by atoms with Crippen molar-refractivity contribution in [3.05, 3.63) is 16.1 Å². The first-order valence-corrected chi connectivity index (χ1v) is 7.97. The monoisotopic (exact) mass is 258 g/mol. The number of aromatic nitrogens is 1. The molecule has 0 spiro atoms. The van der Waals surface area contributed by atoms with E-state index in [2.05, 4.69) is 36.5 Å². The molecule has 0 bridgehead atoms. The van der Waals surface area contributed by atoms with Gasteiger partial charge in [0.1, 0.15) is 5.01 Å². The van der Waals surface area contributed by atoms with Crippen LogP contribution < -0.4 is 5.32 Å². The van der Waals surface area contributed by atoms with Crippen LogP contribution in [0.4, 0.5) is 0 Å². The van der Waals surface area contributed by atoms with Crippen molar-refractivity contribution in [2.45, 2.75) is 39.5 Å². The van der Waals surface area contributed by atoms with E-state index in [-0.39, 0.29) is 0 Å². The number of thiazole rings is 1. The van der Waals surface area contributed by atoms with E-state index in [1.165, 1.54) is 22.9 Å². The molecule has 1 aromatic heterocycles. The summed E-state index contributed by atoms with van der Waals surface area (Å²) in [6.45, 7) is 8.69. The minimum Gasteiger partial charge on any atom is -0.311 e. The lowest BCUT2D eigenvalue weighted by Crippen LogP contribution is -2.13. The summed E-state index contributed by atoms with van der Waals surface area (Å²) in [6.07, 6.45) is 1.18. The molecule has 0 saturated carbocycles. The predicted molar refractivity (Wildman–Crippen MR) is 75.1 cm³/mol. The molecule has 0 aliphatic rings. The van der Waals surface area contributed by atoms with Crippen molar-refractivity contribution < 1.29 is 0 Å². The summed E-state index contributed by atoms with van der Waals surface area (Å²) in [5.41, 5.74) is 1.19. The third-order valence-corrected chi connectivity index (χ3v) is 4.47. The number of rotatable bonds is 8. The van der Waals surface area contributed by atoms with Crippen LogP contribution in [0.2, 0.25) is 0 Å². The molecular weight excluding hydrogens is 236 g/mol. The average molecular weight is 258 g/mol. The zero-order chi connectivity index (χ0) is 11.8. The Labute approximate surface area is 107 Å². The van der Waals surface area contributed by atoms with Crippen LogP contribution in [0.3, 0.4) is 0 Å². The van der Waals surface area contributed by atoms with Gasteiger partial charge in [0.2, 0.25) is 0 Å². The Kier molecular flexibility index (Phi) is 7.08. The van der Waals surface area contributed by atoms with Crippen molar-refractivity contribution in [2.75, 3.05) is 12.3 Å². The number of nitrogens with one attached hydrogen (secondary N) is 1. The lowest BCUT2D eigenvalue weighted by Gasteiger charge is -2.01. The van der Waals surface area contributed by atoms with Gasteiger partial charge in [0.25, 0.3) is 0 Å². The fourth-order valence-electron chi connectivity index (χ4n) is 1.27. The Morgan fingerprint density at radius 1 is 1.50 bits per heavy atom. The molecule has 92 valence electrons. The van der Waals surface area contributed by atoms with E-state index < -0.39 is 0 Å². The van der Waals surface area contributed by atoms with Crippen LogP contribution in [-0.4, -0.2) is 17.3 Å². The Morgan fingerprint density at radius 3 is 3.00 bits per heavy atom. The number of hydrogen-bond donors (Lipinski definition) is 1.